The minimum atomic E-state index is -3.77. The van der Waals surface area contributed by atoms with Crippen molar-refractivity contribution in [2.45, 2.75) is 11.8 Å². The molecule has 0 aliphatic carbocycles. The third kappa shape index (κ3) is 4.05. The zero-order valence-corrected chi connectivity index (χ0v) is 15.6. The maximum Gasteiger partial charge on any atom is 0.339 e. The molecular formula is C17H18ClNO5S. The summed E-state index contributed by atoms with van der Waals surface area (Å²) in [5.74, 6) is 0.00292. The predicted molar refractivity (Wildman–Crippen MR) is 96.0 cm³/mol. The van der Waals surface area contributed by atoms with E-state index in [9.17, 15) is 13.2 Å². The first-order valence-corrected chi connectivity index (χ1v) is 9.22. The number of ether oxygens (including phenoxy) is 2. The van der Waals surface area contributed by atoms with Gasteiger partial charge in [0.1, 0.15) is 5.75 Å². The molecule has 6 nitrogen and oxygen atoms in total. The lowest BCUT2D eigenvalue weighted by Gasteiger charge is -2.20. The minimum absolute atomic E-state index is 0.112. The molecule has 134 valence electrons. The fourth-order valence-corrected chi connectivity index (χ4v) is 3.56. The molecular weight excluding hydrogens is 366 g/mol. The Kier molecular flexibility index (Phi) is 5.92. The van der Waals surface area contributed by atoms with E-state index in [4.69, 9.17) is 21.1 Å². The Balaban J connectivity index is 2.33. The van der Waals surface area contributed by atoms with Crippen molar-refractivity contribution in [2.24, 2.45) is 0 Å². The van der Waals surface area contributed by atoms with Crippen LogP contribution in [0.5, 0.6) is 5.75 Å². The van der Waals surface area contributed by atoms with Gasteiger partial charge in [-0.1, -0.05) is 11.6 Å². The van der Waals surface area contributed by atoms with E-state index in [1.165, 1.54) is 44.5 Å². The van der Waals surface area contributed by atoms with Gasteiger partial charge in [0.05, 0.1) is 34.9 Å². The number of carbonyl (C=O) groups excluding carboxylic acids is 1. The minimum Gasteiger partial charge on any atom is -0.497 e. The van der Waals surface area contributed by atoms with Gasteiger partial charge >= 0.3 is 5.97 Å². The van der Waals surface area contributed by atoms with Crippen molar-refractivity contribution in [3.05, 3.63) is 53.1 Å². The van der Waals surface area contributed by atoms with E-state index in [1.54, 1.807) is 19.1 Å². The smallest absolute Gasteiger partial charge is 0.339 e. The van der Waals surface area contributed by atoms with E-state index in [2.05, 4.69) is 0 Å². The monoisotopic (exact) mass is 383 g/mol. The van der Waals surface area contributed by atoms with Gasteiger partial charge in [0.25, 0.3) is 10.0 Å². The quantitative estimate of drug-likeness (QED) is 0.715. The highest BCUT2D eigenvalue weighted by Gasteiger charge is 2.22. The summed E-state index contributed by atoms with van der Waals surface area (Å²) in [5, 5.41) is 0.118. The number of methoxy groups -OCH3 is 1. The maximum absolute atomic E-state index is 12.7. The molecule has 0 unspecified atom stereocenters. The van der Waals surface area contributed by atoms with Crippen LogP contribution in [0.25, 0.3) is 0 Å². The first kappa shape index (κ1) is 19.1. The molecule has 0 saturated carbocycles. The van der Waals surface area contributed by atoms with E-state index < -0.39 is 16.0 Å². The average molecular weight is 384 g/mol. The van der Waals surface area contributed by atoms with Gasteiger partial charge in [0, 0.05) is 7.05 Å². The number of anilines is 1. The molecule has 0 amide bonds. The molecule has 0 N–H and O–H groups in total. The van der Waals surface area contributed by atoms with Gasteiger partial charge in [0.15, 0.2) is 0 Å². The molecule has 2 aromatic rings. The number of esters is 1. The highest BCUT2D eigenvalue weighted by atomic mass is 35.5. The Bertz CT molecular complexity index is 865. The van der Waals surface area contributed by atoms with E-state index in [-0.39, 0.29) is 22.1 Å². The van der Waals surface area contributed by atoms with Gasteiger partial charge in [-0.05, 0) is 49.4 Å². The summed E-state index contributed by atoms with van der Waals surface area (Å²) in [4.78, 5) is 11.9. The Morgan fingerprint density at radius 1 is 1.16 bits per heavy atom. The summed E-state index contributed by atoms with van der Waals surface area (Å²) < 4.78 is 36.5. The van der Waals surface area contributed by atoms with Crippen molar-refractivity contribution in [1.82, 2.24) is 0 Å². The molecule has 0 atom stereocenters. The molecule has 25 heavy (non-hydrogen) atoms. The van der Waals surface area contributed by atoms with Crippen LogP contribution in [0.2, 0.25) is 5.02 Å². The summed E-state index contributed by atoms with van der Waals surface area (Å²) in [5.41, 5.74) is 0.511. The number of rotatable bonds is 6. The molecule has 0 spiro atoms. The van der Waals surface area contributed by atoms with E-state index >= 15 is 0 Å². The number of halogens is 1. The zero-order chi connectivity index (χ0) is 18.6. The van der Waals surface area contributed by atoms with Crippen LogP contribution < -0.4 is 9.04 Å². The first-order chi connectivity index (χ1) is 11.8. The number of hydrogen-bond acceptors (Lipinski definition) is 5. The topological polar surface area (TPSA) is 72.9 Å². The Morgan fingerprint density at radius 3 is 2.32 bits per heavy atom. The van der Waals surface area contributed by atoms with Crippen LogP contribution in [-0.4, -0.2) is 35.2 Å². The second-order valence-corrected chi connectivity index (χ2v) is 7.41. The summed E-state index contributed by atoms with van der Waals surface area (Å²) in [6.07, 6.45) is 0. The van der Waals surface area contributed by atoms with Crippen molar-refractivity contribution in [3.8, 4) is 5.75 Å². The lowest BCUT2D eigenvalue weighted by molar-refractivity contribution is 0.0526. The Labute approximate surface area is 152 Å². The van der Waals surface area contributed by atoms with Crippen LogP contribution in [0.3, 0.4) is 0 Å². The zero-order valence-electron chi connectivity index (χ0n) is 14.0. The molecule has 8 heteroatoms. The van der Waals surface area contributed by atoms with E-state index in [0.717, 1.165) is 4.31 Å². The highest BCUT2D eigenvalue weighted by molar-refractivity contribution is 7.92. The molecule has 0 aromatic heterocycles. The third-order valence-electron chi connectivity index (χ3n) is 3.53. The summed E-state index contributed by atoms with van der Waals surface area (Å²) in [7, 11) is -0.859. The SMILES string of the molecule is CCOC(=O)c1ccc(N(C)S(=O)(=O)c2ccc(OC)cc2)cc1Cl. The predicted octanol–water partition coefficient (Wildman–Crippen LogP) is 3.35. The molecule has 0 aliphatic rings. The molecule has 2 rings (SSSR count). The summed E-state index contributed by atoms with van der Waals surface area (Å²) >= 11 is 6.10. The number of hydrogen-bond donors (Lipinski definition) is 0. The molecule has 0 bridgehead atoms. The number of carbonyl (C=O) groups is 1. The van der Waals surface area contributed by atoms with E-state index in [1.807, 2.05) is 0 Å². The molecule has 0 heterocycles. The summed E-state index contributed by atoms with van der Waals surface area (Å²) in [6, 6.07) is 10.4. The van der Waals surface area contributed by atoms with Crippen molar-refractivity contribution < 1.29 is 22.7 Å². The van der Waals surface area contributed by atoms with Crippen LogP contribution in [0, 0.1) is 0 Å². The van der Waals surface area contributed by atoms with Crippen LogP contribution in [-0.2, 0) is 14.8 Å². The van der Waals surface area contributed by atoms with Crippen molar-refractivity contribution in [2.75, 3.05) is 25.1 Å². The van der Waals surface area contributed by atoms with Crippen LogP contribution in [0.1, 0.15) is 17.3 Å². The van der Waals surface area contributed by atoms with Crippen LogP contribution >= 0.6 is 11.6 Å². The average Bonchev–Trinajstić information content (AvgIpc) is 2.61. The fraction of sp³-hybridized carbons (Fsp3) is 0.235. The number of sulfonamides is 1. The first-order valence-electron chi connectivity index (χ1n) is 7.41. The van der Waals surface area contributed by atoms with Crippen molar-refractivity contribution in [1.29, 1.82) is 0 Å². The van der Waals surface area contributed by atoms with Gasteiger partial charge in [-0.25, -0.2) is 13.2 Å². The van der Waals surface area contributed by atoms with Crippen molar-refractivity contribution in [3.63, 3.8) is 0 Å². The Hall–Kier alpha value is -2.25. The van der Waals surface area contributed by atoms with Gasteiger partial charge in [-0.15, -0.1) is 0 Å². The van der Waals surface area contributed by atoms with Crippen LogP contribution in [0.15, 0.2) is 47.4 Å². The number of nitrogens with zero attached hydrogens (tertiary/aromatic N) is 1. The largest absolute Gasteiger partial charge is 0.497 e. The van der Waals surface area contributed by atoms with Crippen LogP contribution in [0.4, 0.5) is 5.69 Å². The summed E-state index contributed by atoms with van der Waals surface area (Å²) in [6.45, 7) is 1.91. The van der Waals surface area contributed by atoms with E-state index in [0.29, 0.717) is 11.4 Å². The second-order valence-electron chi connectivity index (χ2n) is 5.03. The Morgan fingerprint density at radius 2 is 1.80 bits per heavy atom. The van der Waals surface area contributed by atoms with Gasteiger partial charge in [-0.3, -0.25) is 4.31 Å². The molecule has 0 radical (unpaired) electrons. The molecule has 0 aliphatic heterocycles. The molecule has 2 aromatic carbocycles. The van der Waals surface area contributed by atoms with Gasteiger partial charge in [-0.2, -0.15) is 0 Å². The molecule has 0 fully saturated rings. The third-order valence-corrected chi connectivity index (χ3v) is 5.64. The maximum atomic E-state index is 12.7. The number of benzene rings is 2. The molecule has 0 saturated heterocycles. The standard InChI is InChI=1S/C17H18ClNO5S/c1-4-24-17(20)15-10-5-12(11-16(15)18)19(2)25(21,22)14-8-6-13(23-3)7-9-14/h5-11H,4H2,1-3H3. The lowest BCUT2D eigenvalue weighted by Crippen LogP contribution is -2.26. The van der Waals surface area contributed by atoms with Gasteiger partial charge in [0.2, 0.25) is 0 Å². The normalized spacial score (nSPS) is 11.0. The second kappa shape index (κ2) is 7.76. The van der Waals surface area contributed by atoms with Gasteiger partial charge < -0.3 is 9.47 Å². The van der Waals surface area contributed by atoms with Crippen molar-refractivity contribution >= 4 is 33.3 Å². The fourth-order valence-electron chi connectivity index (χ4n) is 2.12. The highest BCUT2D eigenvalue weighted by Crippen LogP contribution is 2.28. The lowest BCUT2D eigenvalue weighted by atomic mass is 10.2.